The average Bonchev–Trinajstić information content (AvgIpc) is 2.70. The van der Waals surface area contributed by atoms with E-state index in [-0.39, 0.29) is 30.0 Å². The summed E-state index contributed by atoms with van der Waals surface area (Å²) in [5.41, 5.74) is 2.81. The number of amides is 3. The molecule has 12 nitrogen and oxygen atoms in total. The zero-order chi connectivity index (χ0) is 23.6. The Morgan fingerprint density at radius 1 is 1.06 bits per heavy atom. The van der Waals surface area contributed by atoms with Gasteiger partial charge in [-0.1, -0.05) is 0 Å². The van der Waals surface area contributed by atoms with E-state index in [2.05, 4.69) is 28.7 Å². The molecule has 3 amide bonds. The van der Waals surface area contributed by atoms with Crippen LogP contribution in [0.15, 0.2) is 24.3 Å². The summed E-state index contributed by atoms with van der Waals surface area (Å²) in [6, 6.07) is 3.03. The van der Waals surface area contributed by atoms with Crippen molar-refractivity contribution < 1.29 is 39.3 Å². The first-order chi connectivity index (χ1) is 14.5. The van der Waals surface area contributed by atoms with Gasteiger partial charge in [0.05, 0.1) is 5.69 Å². The number of phenolic OH excluding ortho intramolecular Hbond substituents is 1. The second kappa shape index (κ2) is 12.4. The molecule has 1 aromatic carbocycles. The van der Waals surface area contributed by atoms with Crippen LogP contribution in [0.2, 0.25) is 0 Å². The minimum absolute atomic E-state index is 0.0372. The van der Waals surface area contributed by atoms with Gasteiger partial charge in [-0.25, -0.2) is 10.4 Å². The molecular weight excluding hydrogens is 432 g/mol. The number of benzene rings is 1. The Balaban J connectivity index is 2.73. The van der Waals surface area contributed by atoms with Gasteiger partial charge in [0.2, 0.25) is 17.7 Å². The fourth-order valence-electron chi connectivity index (χ4n) is 2.37. The molecule has 0 bridgehead atoms. The maximum atomic E-state index is 12.1. The number of carbonyl (C=O) groups is 5. The third-order valence-electron chi connectivity index (χ3n) is 3.91. The van der Waals surface area contributed by atoms with Gasteiger partial charge in [0.1, 0.15) is 24.4 Å². The summed E-state index contributed by atoms with van der Waals surface area (Å²) < 4.78 is 0. The van der Waals surface area contributed by atoms with E-state index in [4.69, 9.17) is 5.11 Å². The van der Waals surface area contributed by atoms with E-state index in [1.54, 1.807) is 0 Å². The van der Waals surface area contributed by atoms with Crippen LogP contribution in [0, 0.1) is 0 Å². The highest BCUT2D eigenvalue weighted by Crippen LogP contribution is 2.18. The van der Waals surface area contributed by atoms with Crippen molar-refractivity contribution in [1.82, 2.24) is 16.1 Å². The summed E-state index contributed by atoms with van der Waals surface area (Å²) in [7, 11) is 0. The monoisotopic (exact) mass is 456 g/mol. The predicted molar refractivity (Wildman–Crippen MR) is 111 cm³/mol. The summed E-state index contributed by atoms with van der Waals surface area (Å²) in [5.74, 6) is -4.63. The SMILES string of the molecule is CC(=O)N(N[C@@H](CCC(=O)N[C@@H](CS)C(=O)NCC(=O)O)C(=O)O)c1ccc(O)cc1. The Kier molecular flexibility index (Phi) is 10.3. The number of nitrogens with zero attached hydrogens (tertiary/aromatic N) is 1. The summed E-state index contributed by atoms with van der Waals surface area (Å²) in [4.78, 5) is 58.0. The van der Waals surface area contributed by atoms with Gasteiger partial charge in [-0.15, -0.1) is 0 Å². The van der Waals surface area contributed by atoms with Gasteiger partial charge < -0.3 is 26.0 Å². The Hall–Kier alpha value is -3.32. The topological polar surface area (TPSA) is 185 Å². The van der Waals surface area contributed by atoms with Crippen LogP contribution in [0.25, 0.3) is 0 Å². The lowest BCUT2D eigenvalue weighted by molar-refractivity contribution is -0.140. The molecule has 1 rings (SSSR count). The number of hydrogen-bond donors (Lipinski definition) is 7. The lowest BCUT2D eigenvalue weighted by atomic mass is 10.1. The number of carboxylic acids is 2. The molecule has 2 atom stereocenters. The molecule has 0 spiro atoms. The van der Waals surface area contributed by atoms with E-state index in [1.165, 1.54) is 31.2 Å². The molecule has 0 aromatic heterocycles. The van der Waals surface area contributed by atoms with Gasteiger partial charge in [-0.3, -0.25) is 24.0 Å². The molecule has 0 unspecified atom stereocenters. The number of hydrogen-bond acceptors (Lipinski definition) is 8. The van der Waals surface area contributed by atoms with Crippen LogP contribution in [-0.2, 0) is 24.0 Å². The Morgan fingerprint density at radius 3 is 2.16 bits per heavy atom. The van der Waals surface area contributed by atoms with E-state index in [0.717, 1.165) is 5.01 Å². The molecule has 0 fully saturated rings. The third kappa shape index (κ3) is 8.92. The van der Waals surface area contributed by atoms with Gasteiger partial charge in [0.15, 0.2) is 0 Å². The summed E-state index contributed by atoms with van der Waals surface area (Å²) in [5, 5.41) is 32.8. The van der Waals surface area contributed by atoms with Crippen LogP contribution in [0.1, 0.15) is 19.8 Å². The zero-order valence-corrected chi connectivity index (χ0v) is 17.5. The van der Waals surface area contributed by atoms with Crippen molar-refractivity contribution in [2.75, 3.05) is 17.3 Å². The average molecular weight is 456 g/mol. The van der Waals surface area contributed by atoms with Crippen molar-refractivity contribution in [1.29, 1.82) is 0 Å². The van der Waals surface area contributed by atoms with Gasteiger partial charge in [-0.05, 0) is 30.7 Å². The highest BCUT2D eigenvalue weighted by atomic mass is 32.1. The van der Waals surface area contributed by atoms with Crippen molar-refractivity contribution >= 4 is 48.0 Å². The molecule has 0 aliphatic rings. The molecule has 170 valence electrons. The molecule has 0 saturated carbocycles. The number of aliphatic carboxylic acids is 2. The second-order valence-electron chi connectivity index (χ2n) is 6.34. The number of thiol groups is 1. The number of hydrazine groups is 1. The fraction of sp³-hybridized carbons (Fsp3) is 0.389. The Morgan fingerprint density at radius 2 is 1.68 bits per heavy atom. The Labute approximate surface area is 183 Å². The maximum Gasteiger partial charge on any atom is 0.322 e. The Bertz CT molecular complexity index is 817. The molecular formula is C18H24N4O8S. The smallest absolute Gasteiger partial charge is 0.322 e. The first-order valence-electron chi connectivity index (χ1n) is 9.03. The van der Waals surface area contributed by atoms with Crippen LogP contribution in [0.5, 0.6) is 5.75 Å². The zero-order valence-electron chi connectivity index (χ0n) is 16.6. The van der Waals surface area contributed by atoms with Crippen LogP contribution in [0.3, 0.4) is 0 Å². The van der Waals surface area contributed by atoms with Gasteiger partial charge in [0.25, 0.3) is 0 Å². The molecule has 13 heteroatoms. The van der Waals surface area contributed by atoms with E-state index in [1.807, 2.05) is 0 Å². The number of carboxylic acid groups (broad SMARTS) is 2. The number of aromatic hydroxyl groups is 1. The predicted octanol–water partition coefficient (Wildman–Crippen LogP) is -0.901. The minimum Gasteiger partial charge on any atom is -0.508 e. The van der Waals surface area contributed by atoms with Crippen molar-refractivity contribution in [3.05, 3.63) is 24.3 Å². The highest BCUT2D eigenvalue weighted by molar-refractivity contribution is 7.80. The highest BCUT2D eigenvalue weighted by Gasteiger charge is 2.25. The normalized spacial score (nSPS) is 12.3. The molecule has 0 saturated heterocycles. The molecule has 0 aliphatic carbocycles. The summed E-state index contributed by atoms with van der Waals surface area (Å²) in [6.07, 6.45) is -0.527. The van der Waals surface area contributed by atoms with E-state index in [0.29, 0.717) is 0 Å². The largest absolute Gasteiger partial charge is 0.508 e. The van der Waals surface area contributed by atoms with Gasteiger partial charge in [0, 0.05) is 19.1 Å². The quantitative estimate of drug-likeness (QED) is 0.155. The van der Waals surface area contributed by atoms with Crippen LogP contribution < -0.4 is 21.1 Å². The molecule has 0 aliphatic heterocycles. The first kappa shape index (κ1) is 25.7. The van der Waals surface area contributed by atoms with Crippen molar-refractivity contribution in [3.8, 4) is 5.75 Å². The number of nitrogens with one attached hydrogen (secondary N) is 3. The van der Waals surface area contributed by atoms with Crippen LogP contribution in [-0.4, -0.2) is 69.4 Å². The van der Waals surface area contributed by atoms with Gasteiger partial charge in [-0.2, -0.15) is 12.6 Å². The number of carbonyl (C=O) groups excluding carboxylic acids is 3. The number of phenols is 1. The lowest BCUT2D eigenvalue weighted by Gasteiger charge is -2.26. The van der Waals surface area contributed by atoms with E-state index >= 15 is 0 Å². The van der Waals surface area contributed by atoms with E-state index in [9.17, 15) is 34.2 Å². The third-order valence-corrected chi connectivity index (χ3v) is 4.28. The molecule has 6 N–H and O–H groups in total. The molecule has 0 heterocycles. The maximum absolute atomic E-state index is 12.1. The number of anilines is 1. The van der Waals surface area contributed by atoms with E-state index < -0.39 is 48.3 Å². The first-order valence-corrected chi connectivity index (χ1v) is 9.66. The lowest BCUT2D eigenvalue weighted by Crippen LogP contribution is -2.52. The minimum atomic E-state index is -1.32. The second-order valence-corrected chi connectivity index (χ2v) is 6.71. The fourth-order valence-corrected chi connectivity index (χ4v) is 2.63. The van der Waals surface area contributed by atoms with Crippen molar-refractivity contribution in [2.24, 2.45) is 0 Å². The van der Waals surface area contributed by atoms with Crippen LogP contribution in [0.4, 0.5) is 5.69 Å². The standard InChI is InChI=1S/C18H24N4O8S/c1-10(23)22(11-2-4-12(24)5-3-11)21-13(18(29)30)6-7-15(25)20-14(9-31)17(28)19-8-16(26)27/h2-5,13-14,21,24,31H,6-9H2,1H3,(H,19,28)(H,20,25)(H,26,27)(H,29,30)/t13-,14-/m0/s1. The van der Waals surface area contributed by atoms with Gasteiger partial charge >= 0.3 is 11.9 Å². The molecule has 0 radical (unpaired) electrons. The van der Waals surface area contributed by atoms with Crippen molar-refractivity contribution in [3.63, 3.8) is 0 Å². The molecule has 1 aromatic rings. The summed E-state index contributed by atoms with van der Waals surface area (Å²) >= 11 is 3.94. The number of rotatable bonds is 12. The summed E-state index contributed by atoms with van der Waals surface area (Å²) in [6.45, 7) is 0.584. The van der Waals surface area contributed by atoms with Crippen molar-refractivity contribution in [2.45, 2.75) is 31.8 Å². The molecule has 31 heavy (non-hydrogen) atoms. The van der Waals surface area contributed by atoms with Crippen LogP contribution >= 0.6 is 12.6 Å².